The Morgan fingerprint density at radius 1 is 1.18 bits per heavy atom. The van der Waals surface area contributed by atoms with Gasteiger partial charge < -0.3 is 15.3 Å². The lowest BCUT2D eigenvalue weighted by molar-refractivity contribution is -0.131. The predicted molar refractivity (Wildman–Crippen MR) is 88.3 cm³/mol. The van der Waals surface area contributed by atoms with Crippen molar-refractivity contribution in [2.75, 3.05) is 13.1 Å². The molecule has 1 aromatic rings. The summed E-state index contributed by atoms with van der Waals surface area (Å²) in [4.78, 5) is 14.4. The molecule has 4 nitrogen and oxygen atoms in total. The normalized spacial score (nSPS) is 17.1. The van der Waals surface area contributed by atoms with Crippen LogP contribution in [0.1, 0.15) is 50.2 Å². The zero-order valence-corrected chi connectivity index (χ0v) is 13.6. The molecule has 1 saturated heterocycles. The molecule has 2 N–H and O–H groups in total. The number of likely N-dealkylation sites (tertiary alicyclic amines) is 1. The number of rotatable bonds is 6. The van der Waals surface area contributed by atoms with Gasteiger partial charge >= 0.3 is 0 Å². The monoisotopic (exact) mass is 304 g/mol. The van der Waals surface area contributed by atoms with Gasteiger partial charge in [0, 0.05) is 32.1 Å². The van der Waals surface area contributed by atoms with Gasteiger partial charge in [-0.15, -0.1) is 0 Å². The molecule has 1 amide bonds. The largest absolute Gasteiger partial charge is 0.392 e. The molecule has 1 aliphatic rings. The average molecular weight is 304 g/mol. The van der Waals surface area contributed by atoms with E-state index in [9.17, 15) is 9.90 Å². The Balaban J connectivity index is 1.79. The molecule has 1 atom stereocenters. The fraction of sp³-hybridized carbons (Fsp3) is 0.611. The van der Waals surface area contributed by atoms with Crippen LogP contribution in [0.3, 0.4) is 0 Å². The zero-order chi connectivity index (χ0) is 15.8. The first-order valence-corrected chi connectivity index (χ1v) is 8.39. The van der Waals surface area contributed by atoms with Gasteiger partial charge in [-0.05, 0) is 30.9 Å². The summed E-state index contributed by atoms with van der Waals surface area (Å²) in [5.74, 6) is 0.261. The molecule has 0 bridgehead atoms. The lowest BCUT2D eigenvalue weighted by Crippen LogP contribution is -2.37. The highest BCUT2D eigenvalue weighted by Crippen LogP contribution is 2.12. The van der Waals surface area contributed by atoms with Crippen molar-refractivity contribution in [2.45, 2.75) is 58.2 Å². The first-order valence-electron chi connectivity index (χ1n) is 8.39. The number of aliphatic hydroxyl groups is 1. The molecule has 2 rings (SSSR count). The maximum Gasteiger partial charge on any atom is 0.224 e. The minimum atomic E-state index is 0.0545. The number of nitrogens with zero attached hydrogens (tertiary/aromatic N) is 1. The fourth-order valence-corrected chi connectivity index (χ4v) is 2.95. The summed E-state index contributed by atoms with van der Waals surface area (Å²) in [7, 11) is 0. The Morgan fingerprint density at radius 3 is 2.45 bits per heavy atom. The first-order chi connectivity index (χ1) is 10.7. The highest BCUT2D eigenvalue weighted by atomic mass is 16.3. The second kappa shape index (κ2) is 8.91. The quantitative estimate of drug-likeness (QED) is 0.849. The molecule has 0 aromatic heterocycles. The van der Waals surface area contributed by atoms with Gasteiger partial charge in [-0.25, -0.2) is 0 Å². The minimum absolute atomic E-state index is 0.0545. The number of nitrogens with one attached hydrogen (secondary N) is 1. The summed E-state index contributed by atoms with van der Waals surface area (Å²) in [5, 5.41) is 12.7. The standard InChI is InChI=1S/C18H28N2O2/c1-15(12-18(22)20-10-6-2-3-7-11-20)19-13-16-8-4-5-9-17(16)14-21/h4-5,8-9,15,19,21H,2-3,6-7,10-14H2,1H3. The van der Waals surface area contributed by atoms with Crippen molar-refractivity contribution >= 4 is 5.91 Å². The Hall–Kier alpha value is -1.39. The molecule has 0 spiro atoms. The van der Waals surface area contributed by atoms with Gasteiger partial charge in [-0.3, -0.25) is 4.79 Å². The molecule has 122 valence electrons. The van der Waals surface area contributed by atoms with Crippen LogP contribution in [0.15, 0.2) is 24.3 Å². The summed E-state index contributed by atoms with van der Waals surface area (Å²) in [6.45, 7) is 4.62. The van der Waals surface area contributed by atoms with E-state index >= 15 is 0 Å². The van der Waals surface area contributed by atoms with E-state index < -0.39 is 0 Å². The van der Waals surface area contributed by atoms with Crippen LogP contribution in [-0.4, -0.2) is 35.0 Å². The average Bonchev–Trinajstić information content (AvgIpc) is 2.82. The number of benzene rings is 1. The highest BCUT2D eigenvalue weighted by molar-refractivity contribution is 5.76. The van der Waals surface area contributed by atoms with Crippen molar-refractivity contribution < 1.29 is 9.90 Å². The molecule has 1 fully saturated rings. The van der Waals surface area contributed by atoms with Crippen molar-refractivity contribution in [2.24, 2.45) is 0 Å². The summed E-state index contributed by atoms with van der Waals surface area (Å²) < 4.78 is 0. The van der Waals surface area contributed by atoms with Gasteiger partial charge in [0.1, 0.15) is 0 Å². The second-order valence-corrected chi connectivity index (χ2v) is 6.21. The van der Waals surface area contributed by atoms with Crippen molar-refractivity contribution in [1.29, 1.82) is 0 Å². The molecule has 1 aliphatic heterocycles. The Kier molecular flexibility index (Phi) is 6.87. The zero-order valence-electron chi connectivity index (χ0n) is 13.6. The van der Waals surface area contributed by atoms with E-state index in [1.807, 2.05) is 29.2 Å². The van der Waals surface area contributed by atoms with E-state index in [1.165, 1.54) is 12.8 Å². The van der Waals surface area contributed by atoms with Crippen LogP contribution in [0, 0.1) is 0 Å². The molecule has 0 aliphatic carbocycles. The number of aliphatic hydroxyl groups excluding tert-OH is 1. The molecule has 0 radical (unpaired) electrons. The van der Waals surface area contributed by atoms with Crippen molar-refractivity contribution in [3.63, 3.8) is 0 Å². The van der Waals surface area contributed by atoms with Crippen molar-refractivity contribution in [3.05, 3.63) is 35.4 Å². The van der Waals surface area contributed by atoms with Crippen LogP contribution in [0.4, 0.5) is 0 Å². The molecule has 1 heterocycles. The van der Waals surface area contributed by atoms with Crippen LogP contribution in [0.2, 0.25) is 0 Å². The topological polar surface area (TPSA) is 52.6 Å². The summed E-state index contributed by atoms with van der Waals surface area (Å²) in [5.41, 5.74) is 2.04. The van der Waals surface area contributed by atoms with Crippen LogP contribution < -0.4 is 5.32 Å². The fourth-order valence-electron chi connectivity index (χ4n) is 2.95. The van der Waals surface area contributed by atoms with Gasteiger partial charge in [-0.1, -0.05) is 37.1 Å². The van der Waals surface area contributed by atoms with E-state index in [-0.39, 0.29) is 18.6 Å². The van der Waals surface area contributed by atoms with E-state index in [4.69, 9.17) is 0 Å². The van der Waals surface area contributed by atoms with E-state index in [0.29, 0.717) is 13.0 Å². The number of carbonyl (C=O) groups is 1. The number of amides is 1. The summed E-state index contributed by atoms with van der Waals surface area (Å²) in [6.07, 6.45) is 5.31. The molecule has 0 saturated carbocycles. The Bertz CT molecular complexity index is 468. The van der Waals surface area contributed by atoms with Gasteiger partial charge in [0.05, 0.1) is 6.61 Å². The molecular formula is C18H28N2O2. The first kappa shape index (κ1) is 17.0. The lowest BCUT2D eigenvalue weighted by atomic mass is 10.1. The van der Waals surface area contributed by atoms with Crippen molar-refractivity contribution in [3.8, 4) is 0 Å². The molecule has 1 unspecified atom stereocenters. The van der Waals surface area contributed by atoms with Crippen molar-refractivity contribution in [1.82, 2.24) is 10.2 Å². The van der Waals surface area contributed by atoms with Gasteiger partial charge in [0.2, 0.25) is 5.91 Å². The van der Waals surface area contributed by atoms with Gasteiger partial charge in [0.25, 0.3) is 0 Å². The van der Waals surface area contributed by atoms with E-state index in [0.717, 1.165) is 37.1 Å². The predicted octanol–water partition coefficient (Wildman–Crippen LogP) is 2.45. The minimum Gasteiger partial charge on any atom is -0.392 e. The number of hydrogen-bond donors (Lipinski definition) is 2. The lowest BCUT2D eigenvalue weighted by Gasteiger charge is -2.23. The second-order valence-electron chi connectivity index (χ2n) is 6.21. The SMILES string of the molecule is CC(CC(=O)N1CCCCCC1)NCc1ccccc1CO. The van der Waals surface area contributed by atoms with Crippen LogP contribution in [0.25, 0.3) is 0 Å². The van der Waals surface area contributed by atoms with E-state index in [1.54, 1.807) is 0 Å². The Labute approximate surface area is 133 Å². The third kappa shape index (κ3) is 5.11. The Morgan fingerprint density at radius 2 is 1.82 bits per heavy atom. The van der Waals surface area contributed by atoms with Crippen LogP contribution >= 0.6 is 0 Å². The maximum absolute atomic E-state index is 12.3. The van der Waals surface area contributed by atoms with E-state index in [2.05, 4.69) is 12.2 Å². The summed E-state index contributed by atoms with van der Waals surface area (Å²) in [6, 6.07) is 8.00. The molecule has 22 heavy (non-hydrogen) atoms. The van der Waals surface area contributed by atoms with Gasteiger partial charge in [0.15, 0.2) is 0 Å². The molecular weight excluding hydrogens is 276 g/mol. The third-order valence-corrected chi connectivity index (χ3v) is 4.37. The number of hydrogen-bond acceptors (Lipinski definition) is 3. The van der Waals surface area contributed by atoms with Gasteiger partial charge in [-0.2, -0.15) is 0 Å². The molecule has 1 aromatic carbocycles. The number of carbonyl (C=O) groups excluding carboxylic acids is 1. The molecule has 4 heteroatoms. The maximum atomic E-state index is 12.3. The third-order valence-electron chi connectivity index (χ3n) is 4.37. The van der Waals surface area contributed by atoms with Crippen LogP contribution in [0.5, 0.6) is 0 Å². The smallest absolute Gasteiger partial charge is 0.224 e. The summed E-state index contributed by atoms with van der Waals surface area (Å²) >= 11 is 0. The highest BCUT2D eigenvalue weighted by Gasteiger charge is 2.17. The van der Waals surface area contributed by atoms with Crippen LogP contribution in [-0.2, 0) is 17.9 Å².